The van der Waals surface area contributed by atoms with Crippen LogP contribution in [0, 0.1) is 6.92 Å². The molecule has 1 fully saturated rings. The molecule has 1 heterocycles. The standard InChI is InChI=1S/C15H21NO4/c1-11-6-9-20-13(11)14(19)16(2)15(10-12(17)18)7-4-3-5-8-15/h6,9H,3-5,7-8,10H2,1-2H3,(H,17,18). The second kappa shape index (κ2) is 5.69. The number of furan rings is 1. The number of amides is 1. The fourth-order valence-corrected chi connectivity index (χ4v) is 3.08. The zero-order valence-electron chi connectivity index (χ0n) is 12.0. The summed E-state index contributed by atoms with van der Waals surface area (Å²) in [5, 5.41) is 9.19. The van der Waals surface area contributed by atoms with Gasteiger partial charge in [-0.05, 0) is 25.8 Å². The maximum atomic E-state index is 12.6. The molecule has 0 saturated heterocycles. The van der Waals surface area contributed by atoms with Gasteiger partial charge in [0.05, 0.1) is 18.2 Å². The summed E-state index contributed by atoms with van der Waals surface area (Å²) in [5.41, 5.74) is 0.198. The van der Waals surface area contributed by atoms with Gasteiger partial charge < -0.3 is 14.4 Å². The van der Waals surface area contributed by atoms with Crippen molar-refractivity contribution in [1.29, 1.82) is 0 Å². The Bertz CT molecular complexity index is 500. The van der Waals surface area contributed by atoms with E-state index in [1.807, 2.05) is 6.92 Å². The van der Waals surface area contributed by atoms with Crippen molar-refractivity contribution in [1.82, 2.24) is 4.90 Å². The maximum Gasteiger partial charge on any atom is 0.305 e. The topological polar surface area (TPSA) is 70.8 Å². The van der Waals surface area contributed by atoms with Crippen LogP contribution in [0.25, 0.3) is 0 Å². The molecule has 5 nitrogen and oxygen atoms in total. The number of carbonyl (C=O) groups is 2. The minimum atomic E-state index is -0.859. The monoisotopic (exact) mass is 279 g/mol. The van der Waals surface area contributed by atoms with Crippen LogP contribution in [-0.4, -0.2) is 34.5 Å². The first-order valence-corrected chi connectivity index (χ1v) is 7.00. The number of aryl methyl sites for hydroxylation is 1. The van der Waals surface area contributed by atoms with Gasteiger partial charge in [0.1, 0.15) is 0 Å². The van der Waals surface area contributed by atoms with Crippen molar-refractivity contribution in [3.05, 3.63) is 23.7 Å². The second-order valence-electron chi connectivity index (χ2n) is 5.65. The molecule has 1 aliphatic rings. The molecule has 110 valence electrons. The van der Waals surface area contributed by atoms with E-state index in [1.54, 1.807) is 18.0 Å². The fourth-order valence-electron chi connectivity index (χ4n) is 3.08. The van der Waals surface area contributed by atoms with E-state index in [-0.39, 0.29) is 12.3 Å². The van der Waals surface area contributed by atoms with E-state index in [0.717, 1.165) is 37.7 Å². The number of hydrogen-bond acceptors (Lipinski definition) is 3. The SMILES string of the molecule is Cc1ccoc1C(=O)N(C)C1(CC(=O)O)CCCCC1. The minimum Gasteiger partial charge on any atom is -0.481 e. The lowest BCUT2D eigenvalue weighted by molar-refractivity contribution is -0.140. The second-order valence-corrected chi connectivity index (χ2v) is 5.65. The highest BCUT2D eigenvalue weighted by atomic mass is 16.4. The molecule has 1 N–H and O–H groups in total. The number of carbonyl (C=O) groups excluding carboxylic acids is 1. The summed E-state index contributed by atoms with van der Waals surface area (Å²) < 4.78 is 5.25. The molecule has 0 unspecified atom stereocenters. The van der Waals surface area contributed by atoms with Gasteiger partial charge in [0.2, 0.25) is 0 Å². The van der Waals surface area contributed by atoms with E-state index < -0.39 is 11.5 Å². The van der Waals surface area contributed by atoms with E-state index in [0.29, 0.717) is 5.76 Å². The van der Waals surface area contributed by atoms with Gasteiger partial charge in [0.15, 0.2) is 5.76 Å². The molecule has 2 rings (SSSR count). The number of rotatable bonds is 4. The number of aliphatic carboxylic acids is 1. The highest BCUT2D eigenvalue weighted by molar-refractivity contribution is 5.93. The molecular weight excluding hydrogens is 258 g/mol. The smallest absolute Gasteiger partial charge is 0.305 e. The van der Waals surface area contributed by atoms with Gasteiger partial charge in [-0.1, -0.05) is 19.3 Å². The molecule has 5 heteroatoms. The van der Waals surface area contributed by atoms with Crippen molar-refractivity contribution >= 4 is 11.9 Å². The highest BCUT2D eigenvalue weighted by Gasteiger charge is 2.41. The molecule has 0 aliphatic heterocycles. The number of hydrogen-bond donors (Lipinski definition) is 1. The first-order chi connectivity index (χ1) is 9.46. The van der Waals surface area contributed by atoms with Crippen LogP contribution >= 0.6 is 0 Å². The van der Waals surface area contributed by atoms with Crippen molar-refractivity contribution in [2.24, 2.45) is 0 Å². The lowest BCUT2D eigenvalue weighted by Gasteiger charge is -2.43. The third-order valence-electron chi connectivity index (χ3n) is 4.34. The lowest BCUT2D eigenvalue weighted by Crippen LogP contribution is -2.52. The lowest BCUT2D eigenvalue weighted by atomic mass is 9.78. The van der Waals surface area contributed by atoms with Gasteiger partial charge >= 0.3 is 5.97 Å². The summed E-state index contributed by atoms with van der Waals surface area (Å²) in [6.07, 6.45) is 5.98. The number of carboxylic acids is 1. The van der Waals surface area contributed by atoms with Crippen molar-refractivity contribution in [3.8, 4) is 0 Å². The highest BCUT2D eigenvalue weighted by Crippen LogP contribution is 2.36. The molecule has 1 saturated carbocycles. The zero-order valence-corrected chi connectivity index (χ0v) is 12.0. The van der Waals surface area contributed by atoms with Crippen molar-refractivity contribution < 1.29 is 19.1 Å². The van der Waals surface area contributed by atoms with Crippen LogP contribution in [0.1, 0.15) is 54.6 Å². The Balaban J connectivity index is 2.26. The Kier molecular flexibility index (Phi) is 4.16. The Morgan fingerprint density at radius 3 is 2.50 bits per heavy atom. The van der Waals surface area contributed by atoms with Gasteiger partial charge in [0.25, 0.3) is 5.91 Å². The van der Waals surface area contributed by atoms with Crippen LogP contribution in [0.2, 0.25) is 0 Å². The van der Waals surface area contributed by atoms with Gasteiger partial charge in [-0.25, -0.2) is 0 Å². The Morgan fingerprint density at radius 2 is 2.00 bits per heavy atom. The Hall–Kier alpha value is -1.78. The average Bonchev–Trinajstić information content (AvgIpc) is 2.83. The predicted molar refractivity (Wildman–Crippen MR) is 73.6 cm³/mol. The van der Waals surface area contributed by atoms with E-state index in [1.165, 1.54) is 6.26 Å². The molecule has 0 aromatic carbocycles. The molecular formula is C15H21NO4. The molecule has 0 bridgehead atoms. The average molecular weight is 279 g/mol. The number of nitrogens with zero attached hydrogens (tertiary/aromatic N) is 1. The molecule has 1 aliphatic carbocycles. The largest absolute Gasteiger partial charge is 0.481 e. The van der Waals surface area contributed by atoms with Crippen LogP contribution < -0.4 is 0 Å². The van der Waals surface area contributed by atoms with Crippen molar-refractivity contribution in [2.45, 2.75) is 51.0 Å². The van der Waals surface area contributed by atoms with Crippen molar-refractivity contribution in [3.63, 3.8) is 0 Å². The van der Waals surface area contributed by atoms with Gasteiger partial charge in [-0.15, -0.1) is 0 Å². The Morgan fingerprint density at radius 1 is 1.35 bits per heavy atom. The Labute approximate surface area is 118 Å². The van der Waals surface area contributed by atoms with Gasteiger partial charge in [0, 0.05) is 12.6 Å². The van der Waals surface area contributed by atoms with Crippen molar-refractivity contribution in [2.75, 3.05) is 7.05 Å². The minimum absolute atomic E-state index is 0.00496. The molecule has 1 aromatic heterocycles. The van der Waals surface area contributed by atoms with E-state index >= 15 is 0 Å². The van der Waals surface area contributed by atoms with Crippen LogP contribution in [0.5, 0.6) is 0 Å². The van der Waals surface area contributed by atoms with E-state index in [2.05, 4.69) is 0 Å². The van der Waals surface area contributed by atoms with E-state index in [9.17, 15) is 14.7 Å². The normalized spacial score (nSPS) is 17.7. The molecule has 0 spiro atoms. The quantitative estimate of drug-likeness (QED) is 0.920. The molecule has 0 radical (unpaired) electrons. The third kappa shape index (κ3) is 2.71. The van der Waals surface area contributed by atoms with Crippen LogP contribution in [0.3, 0.4) is 0 Å². The summed E-state index contributed by atoms with van der Waals surface area (Å²) in [6.45, 7) is 1.81. The van der Waals surface area contributed by atoms with Gasteiger partial charge in [-0.2, -0.15) is 0 Å². The van der Waals surface area contributed by atoms with Crippen LogP contribution in [0.4, 0.5) is 0 Å². The molecule has 1 amide bonds. The van der Waals surface area contributed by atoms with E-state index in [4.69, 9.17) is 4.42 Å². The van der Waals surface area contributed by atoms with Crippen LogP contribution in [-0.2, 0) is 4.79 Å². The first kappa shape index (κ1) is 14.6. The predicted octanol–water partition coefficient (Wildman–Crippen LogP) is 2.84. The third-order valence-corrected chi connectivity index (χ3v) is 4.34. The van der Waals surface area contributed by atoms with Crippen LogP contribution in [0.15, 0.2) is 16.7 Å². The maximum absolute atomic E-state index is 12.6. The molecule has 20 heavy (non-hydrogen) atoms. The first-order valence-electron chi connectivity index (χ1n) is 7.00. The zero-order chi connectivity index (χ0) is 14.8. The molecule has 0 atom stereocenters. The summed E-state index contributed by atoms with van der Waals surface area (Å²) in [4.78, 5) is 25.3. The molecule has 1 aromatic rings. The summed E-state index contributed by atoms with van der Waals surface area (Å²) in [5.74, 6) is -0.777. The summed E-state index contributed by atoms with van der Waals surface area (Å²) in [6, 6.07) is 1.74. The fraction of sp³-hybridized carbons (Fsp3) is 0.600. The summed E-state index contributed by atoms with van der Waals surface area (Å²) >= 11 is 0. The van der Waals surface area contributed by atoms with Gasteiger partial charge in [-0.3, -0.25) is 9.59 Å². The summed E-state index contributed by atoms with van der Waals surface area (Å²) in [7, 11) is 1.69. The number of carboxylic acid groups (broad SMARTS) is 1.